The molecule has 0 fully saturated rings. The lowest BCUT2D eigenvalue weighted by Crippen LogP contribution is -2.14. The Morgan fingerprint density at radius 3 is 2.17 bits per heavy atom. The molecule has 1 atom stereocenters. The van der Waals surface area contributed by atoms with Crippen molar-refractivity contribution >= 4 is 11.9 Å². The SMILES string of the molecule is C=CC(=O)OC(O)CC.C=CC(=O)OCCCC. The molecule has 0 aliphatic carbocycles. The fourth-order valence-corrected chi connectivity index (χ4v) is 0.642. The monoisotopic (exact) mass is 258 g/mol. The first-order valence-corrected chi connectivity index (χ1v) is 5.82. The highest BCUT2D eigenvalue weighted by Crippen LogP contribution is 1.92. The van der Waals surface area contributed by atoms with Gasteiger partial charge in [-0.15, -0.1) is 0 Å². The van der Waals surface area contributed by atoms with Gasteiger partial charge in [-0.25, -0.2) is 9.59 Å². The van der Waals surface area contributed by atoms with Gasteiger partial charge < -0.3 is 14.6 Å². The predicted molar refractivity (Wildman–Crippen MR) is 68.7 cm³/mol. The van der Waals surface area contributed by atoms with E-state index >= 15 is 0 Å². The number of aliphatic hydroxyl groups is 1. The summed E-state index contributed by atoms with van der Waals surface area (Å²) in [4.78, 5) is 20.6. The largest absolute Gasteiger partial charge is 0.463 e. The Hall–Kier alpha value is -1.62. The van der Waals surface area contributed by atoms with Crippen LogP contribution in [0.15, 0.2) is 25.3 Å². The Morgan fingerprint density at radius 1 is 1.22 bits per heavy atom. The van der Waals surface area contributed by atoms with Gasteiger partial charge in [0.1, 0.15) is 0 Å². The van der Waals surface area contributed by atoms with E-state index in [1.165, 1.54) is 6.08 Å². The van der Waals surface area contributed by atoms with Gasteiger partial charge in [0, 0.05) is 18.6 Å². The molecule has 0 saturated carbocycles. The van der Waals surface area contributed by atoms with Gasteiger partial charge in [0.2, 0.25) is 6.29 Å². The van der Waals surface area contributed by atoms with Gasteiger partial charge >= 0.3 is 11.9 Å². The van der Waals surface area contributed by atoms with Crippen LogP contribution < -0.4 is 0 Å². The summed E-state index contributed by atoms with van der Waals surface area (Å²) in [5.41, 5.74) is 0. The van der Waals surface area contributed by atoms with E-state index in [0.717, 1.165) is 18.9 Å². The summed E-state index contributed by atoms with van der Waals surface area (Å²) < 4.78 is 9.02. The molecule has 0 spiro atoms. The molecule has 0 saturated heterocycles. The highest BCUT2D eigenvalue weighted by atomic mass is 16.6. The number of ether oxygens (including phenoxy) is 2. The summed E-state index contributed by atoms with van der Waals surface area (Å²) in [7, 11) is 0. The highest BCUT2D eigenvalue weighted by Gasteiger charge is 2.02. The molecule has 104 valence electrons. The molecule has 0 rings (SSSR count). The molecule has 0 bridgehead atoms. The van der Waals surface area contributed by atoms with Crippen LogP contribution in [0.5, 0.6) is 0 Å². The Labute approximate surface area is 108 Å². The van der Waals surface area contributed by atoms with Crippen LogP contribution in [0.3, 0.4) is 0 Å². The summed E-state index contributed by atoms with van der Waals surface area (Å²) in [6, 6.07) is 0. The van der Waals surface area contributed by atoms with Crippen molar-refractivity contribution in [1.29, 1.82) is 0 Å². The molecule has 5 nitrogen and oxygen atoms in total. The lowest BCUT2D eigenvalue weighted by Gasteiger charge is -2.05. The lowest BCUT2D eigenvalue weighted by atomic mass is 10.4. The molecule has 0 aromatic carbocycles. The minimum absolute atomic E-state index is 0.330. The zero-order valence-electron chi connectivity index (χ0n) is 11.1. The molecule has 18 heavy (non-hydrogen) atoms. The Balaban J connectivity index is 0. The molecule has 0 heterocycles. The normalized spacial score (nSPS) is 10.4. The summed E-state index contributed by atoms with van der Waals surface area (Å²) in [5.74, 6) is -0.923. The molecule has 0 amide bonds. The average molecular weight is 258 g/mol. The topological polar surface area (TPSA) is 72.8 Å². The predicted octanol–water partition coefficient (Wildman–Crippen LogP) is 1.96. The first-order chi connectivity index (χ1) is 8.51. The van der Waals surface area contributed by atoms with Crippen LogP contribution in [0.1, 0.15) is 33.1 Å². The molecular formula is C13H22O5. The standard InChI is InChI=1S/C7H12O2.C6H10O3/c1-3-5-6-9-7(8)4-2;1-3-5(7)9-6(8)4-2/h4H,2-3,5-6H2,1H3;3,6,8H,1,4H2,2H3. The van der Waals surface area contributed by atoms with Crippen molar-refractivity contribution in [2.45, 2.75) is 39.4 Å². The number of hydrogen-bond acceptors (Lipinski definition) is 5. The number of esters is 2. The van der Waals surface area contributed by atoms with Crippen molar-refractivity contribution in [2.75, 3.05) is 6.61 Å². The maximum atomic E-state index is 10.3. The Kier molecular flexibility index (Phi) is 14.0. The third-order valence-corrected chi connectivity index (χ3v) is 1.68. The number of carbonyl (C=O) groups excluding carboxylic acids is 2. The molecule has 0 aliphatic heterocycles. The van der Waals surface area contributed by atoms with Crippen molar-refractivity contribution in [3.05, 3.63) is 25.3 Å². The zero-order valence-corrected chi connectivity index (χ0v) is 11.1. The third-order valence-electron chi connectivity index (χ3n) is 1.68. The van der Waals surface area contributed by atoms with Gasteiger partial charge in [-0.2, -0.15) is 0 Å². The average Bonchev–Trinajstić information content (AvgIpc) is 2.39. The minimum atomic E-state index is -0.990. The van der Waals surface area contributed by atoms with E-state index in [1.54, 1.807) is 6.92 Å². The maximum absolute atomic E-state index is 10.3. The number of hydrogen-bond donors (Lipinski definition) is 1. The molecule has 1 N–H and O–H groups in total. The summed E-state index contributed by atoms with van der Waals surface area (Å²) in [6.07, 6.45) is 3.58. The van der Waals surface area contributed by atoms with Gasteiger partial charge in [-0.05, 0) is 6.42 Å². The molecular weight excluding hydrogens is 236 g/mol. The number of carbonyl (C=O) groups is 2. The second-order valence-corrected chi connectivity index (χ2v) is 3.23. The van der Waals surface area contributed by atoms with E-state index in [0.29, 0.717) is 13.0 Å². The molecule has 0 aromatic rings. The van der Waals surface area contributed by atoms with Crippen molar-refractivity contribution in [3.8, 4) is 0 Å². The van der Waals surface area contributed by atoms with Crippen molar-refractivity contribution < 1.29 is 24.2 Å². The molecule has 0 radical (unpaired) electrons. The zero-order chi connectivity index (χ0) is 14.4. The van der Waals surface area contributed by atoms with Crippen LogP contribution in [-0.4, -0.2) is 29.9 Å². The van der Waals surface area contributed by atoms with Gasteiger partial charge in [0.25, 0.3) is 0 Å². The summed E-state index contributed by atoms with van der Waals surface area (Å²) in [6.45, 7) is 10.7. The first-order valence-electron chi connectivity index (χ1n) is 5.82. The van der Waals surface area contributed by atoms with Crippen LogP contribution >= 0.6 is 0 Å². The minimum Gasteiger partial charge on any atom is -0.463 e. The van der Waals surface area contributed by atoms with Gasteiger partial charge in [-0.1, -0.05) is 33.4 Å². The van der Waals surface area contributed by atoms with E-state index in [2.05, 4.69) is 22.6 Å². The van der Waals surface area contributed by atoms with Crippen LogP contribution in [0.4, 0.5) is 0 Å². The summed E-state index contributed by atoms with van der Waals surface area (Å²) >= 11 is 0. The van der Waals surface area contributed by atoms with E-state index in [-0.39, 0.29) is 5.97 Å². The lowest BCUT2D eigenvalue weighted by molar-refractivity contribution is -0.161. The molecule has 0 aliphatic rings. The number of unbranched alkanes of at least 4 members (excludes halogenated alkanes) is 1. The van der Waals surface area contributed by atoms with Crippen molar-refractivity contribution in [3.63, 3.8) is 0 Å². The van der Waals surface area contributed by atoms with Crippen LogP contribution in [-0.2, 0) is 19.1 Å². The Morgan fingerprint density at radius 2 is 1.78 bits per heavy atom. The van der Waals surface area contributed by atoms with Crippen LogP contribution in [0, 0.1) is 0 Å². The van der Waals surface area contributed by atoms with Crippen LogP contribution in [0.2, 0.25) is 0 Å². The first kappa shape index (κ1) is 18.7. The smallest absolute Gasteiger partial charge is 0.332 e. The molecule has 5 heteroatoms. The van der Waals surface area contributed by atoms with Crippen molar-refractivity contribution in [2.24, 2.45) is 0 Å². The molecule has 1 unspecified atom stereocenters. The van der Waals surface area contributed by atoms with E-state index in [1.807, 2.05) is 6.92 Å². The fraction of sp³-hybridized carbons (Fsp3) is 0.538. The fourth-order valence-electron chi connectivity index (χ4n) is 0.642. The van der Waals surface area contributed by atoms with E-state index < -0.39 is 12.3 Å². The highest BCUT2D eigenvalue weighted by molar-refractivity contribution is 5.81. The number of rotatable bonds is 7. The van der Waals surface area contributed by atoms with Crippen LogP contribution in [0.25, 0.3) is 0 Å². The second-order valence-electron chi connectivity index (χ2n) is 3.23. The quantitative estimate of drug-likeness (QED) is 0.327. The van der Waals surface area contributed by atoms with E-state index in [9.17, 15) is 9.59 Å². The second kappa shape index (κ2) is 13.4. The van der Waals surface area contributed by atoms with Gasteiger partial charge in [0.15, 0.2) is 0 Å². The van der Waals surface area contributed by atoms with Gasteiger partial charge in [-0.3, -0.25) is 0 Å². The summed E-state index contributed by atoms with van der Waals surface area (Å²) in [5, 5.41) is 8.67. The maximum Gasteiger partial charge on any atom is 0.332 e. The van der Waals surface area contributed by atoms with Crippen molar-refractivity contribution in [1.82, 2.24) is 0 Å². The third kappa shape index (κ3) is 14.4. The number of aliphatic hydroxyl groups excluding tert-OH is 1. The Bertz CT molecular complexity index is 260. The molecule has 0 aromatic heterocycles. The van der Waals surface area contributed by atoms with E-state index in [4.69, 9.17) is 5.11 Å². The van der Waals surface area contributed by atoms with Gasteiger partial charge in [0.05, 0.1) is 6.61 Å².